The summed E-state index contributed by atoms with van der Waals surface area (Å²) in [6, 6.07) is 6.25. The van der Waals surface area contributed by atoms with Crippen LogP contribution >= 0.6 is 15.9 Å². The number of nitrogens with two attached hydrogens (primary N) is 1. The van der Waals surface area contributed by atoms with Crippen LogP contribution in [0.25, 0.3) is 0 Å². The largest absolute Gasteiger partial charge is 0.336 e. The second kappa shape index (κ2) is 5.41. The summed E-state index contributed by atoms with van der Waals surface area (Å²) in [6.07, 6.45) is 1.78. The molecule has 0 aromatic heterocycles. The van der Waals surface area contributed by atoms with Gasteiger partial charge in [-0.2, -0.15) is 0 Å². The molecule has 2 N–H and O–H groups in total. The Morgan fingerprint density at radius 2 is 2.22 bits per heavy atom. The summed E-state index contributed by atoms with van der Waals surface area (Å²) in [5.74, 6) is 0.124. The second-order valence-corrected chi connectivity index (χ2v) is 6.01. The predicted octanol–water partition coefficient (Wildman–Crippen LogP) is 2.71. The van der Waals surface area contributed by atoms with Crippen molar-refractivity contribution in [3.05, 3.63) is 33.8 Å². The molecule has 18 heavy (non-hydrogen) atoms. The van der Waals surface area contributed by atoms with Crippen molar-refractivity contribution in [3.63, 3.8) is 0 Å². The van der Waals surface area contributed by atoms with Crippen molar-refractivity contribution in [2.75, 3.05) is 6.54 Å². The standard InChI is InChI=1S/C14H19BrN2O/c1-9-7-11(15)3-4-13(9)14(18)17-6-5-12(16)8-10(17)2/h3-4,7,10,12H,5-6,8,16H2,1-2H3/t10-,12-/m1/s1. The van der Waals surface area contributed by atoms with Gasteiger partial charge in [0.1, 0.15) is 0 Å². The molecule has 0 radical (unpaired) electrons. The number of benzene rings is 1. The Bertz CT molecular complexity index is 461. The number of hydrogen-bond donors (Lipinski definition) is 1. The van der Waals surface area contributed by atoms with Gasteiger partial charge in [-0.3, -0.25) is 4.79 Å². The van der Waals surface area contributed by atoms with Gasteiger partial charge in [0.2, 0.25) is 0 Å². The molecule has 1 saturated heterocycles. The van der Waals surface area contributed by atoms with Gasteiger partial charge in [0.15, 0.2) is 0 Å². The predicted molar refractivity (Wildman–Crippen MR) is 76.6 cm³/mol. The molecule has 1 heterocycles. The second-order valence-electron chi connectivity index (χ2n) is 5.09. The highest BCUT2D eigenvalue weighted by atomic mass is 79.9. The minimum atomic E-state index is 0.124. The molecule has 0 bridgehead atoms. The molecule has 1 aromatic rings. The molecule has 1 fully saturated rings. The van der Waals surface area contributed by atoms with E-state index in [1.807, 2.05) is 30.0 Å². The number of nitrogens with zero attached hydrogens (tertiary/aromatic N) is 1. The number of likely N-dealkylation sites (tertiary alicyclic amines) is 1. The number of carbonyl (C=O) groups excluding carboxylic acids is 1. The van der Waals surface area contributed by atoms with E-state index in [0.29, 0.717) is 0 Å². The minimum absolute atomic E-state index is 0.124. The third kappa shape index (κ3) is 2.75. The van der Waals surface area contributed by atoms with Gasteiger partial charge in [0, 0.05) is 28.7 Å². The highest BCUT2D eigenvalue weighted by Gasteiger charge is 2.28. The van der Waals surface area contributed by atoms with Crippen LogP contribution in [0.3, 0.4) is 0 Å². The number of aryl methyl sites for hydroxylation is 1. The average molecular weight is 311 g/mol. The lowest BCUT2D eigenvalue weighted by Crippen LogP contribution is -2.48. The van der Waals surface area contributed by atoms with Crippen molar-refractivity contribution in [2.24, 2.45) is 5.73 Å². The van der Waals surface area contributed by atoms with E-state index in [1.54, 1.807) is 0 Å². The van der Waals surface area contributed by atoms with Crippen LogP contribution in [0, 0.1) is 6.92 Å². The first-order valence-corrected chi connectivity index (χ1v) is 7.11. The monoisotopic (exact) mass is 310 g/mol. The molecule has 0 aliphatic carbocycles. The molecule has 1 aromatic carbocycles. The third-order valence-corrected chi connectivity index (χ3v) is 4.09. The summed E-state index contributed by atoms with van der Waals surface area (Å²) in [5, 5.41) is 0. The first kappa shape index (κ1) is 13.6. The van der Waals surface area contributed by atoms with Crippen LogP contribution in [-0.4, -0.2) is 29.4 Å². The number of piperidine rings is 1. The van der Waals surface area contributed by atoms with Crippen LogP contribution in [0.1, 0.15) is 35.7 Å². The van der Waals surface area contributed by atoms with Gasteiger partial charge in [-0.25, -0.2) is 0 Å². The smallest absolute Gasteiger partial charge is 0.254 e. The third-order valence-electron chi connectivity index (χ3n) is 3.60. The maximum Gasteiger partial charge on any atom is 0.254 e. The van der Waals surface area contributed by atoms with E-state index in [1.165, 1.54) is 0 Å². The van der Waals surface area contributed by atoms with E-state index in [9.17, 15) is 4.79 Å². The van der Waals surface area contributed by atoms with Crippen LogP contribution in [0.2, 0.25) is 0 Å². The van der Waals surface area contributed by atoms with Gasteiger partial charge in [-0.1, -0.05) is 15.9 Å². The summed E-state index contributed by atoms with van der Waals surface area (Å²) in [7, 11) is 0. The van der Waals surface area contributed by atoms with Gasteiger partial charge in [0.25, 0.3) is 5.91 Å². The van der Waals surface area contributed by atoms with E-state index in [-0.39, 0.29) is 18.0 Å². The van der Waals surface area contributed by atoms with E-state index < -0.39 is 0 Å². The maximum atomic E-state index is 12.5. The SMILES string of the molecule is Cc1cc(Br)ccc1C(=O)N1CC[C@@H](N)C[C@H]1C. The summed E-state index contributed by atoms with van der Waals surface area (Å²) < 4.78 is 1.00. The summed E-state index contributed by atoms with van der Waals surface area (Å²) in [6.45, 7) is 4.81. The highest BCUT2D eigenvalue weighted by Crippen LogP contribution is 2.22. The van der Waals surface area contributed by atoms with Crippen molar-refractivity contribution in [1.29, 1.82) is 0 Å². The van der Waals surface area contributed by atoms with Crippen LogP contribution in [-0.2, 0) is 0 Å². The van der Waals surface area contributed by atoms with E-state index in [4.69, 9.17) is 5.73 Å². The molecule has 1 aliphatic heterocycles. The molecule has 2 rings (SSSR count). The molecule has 0 saturated carbocycles. The quantitative estimate of drug-likeness (QED) is 0.867. The number of halogens is 1. The average Bonchev–Trinajstić information content (AvgIpc) is 2.28. The topological polar surface area (TPSA) is 46.3 Å². The first-order valence-electron chi connectivity index (χ1n) is 6.31. The van der Waals surface area contributed by atoms with Gasteiger partial charge in [-0.15, -0.1) is 0 Å². The molecular formula is C14H19BrN2O. The first-order chi connectivity index (χ1) is 8.49. The Labute approximate surface area is 116 Å². The lowest BCUT2D eigenvalue weighted by atomic mass is 9.97. The van der Waals surface area contributed by atoms with Gasteiger partial charge >= 0.3 is 0 Å². The Balaban J connectivity index is 2.20. The van der Waals surface area contributed by atoms with Crippen molar-refractivity contribution in [1.82, 2.24) is 4.90 Å². The van der Waals surface area contributed by atoms with Gasteiger partial charge in [0.05, 0.1) is 0 Å². The molecule has 2 atom stereocenters. The molecule has 98 valence electrons. The number of amides is 1. The van der Waals surface area contributed by atoms with Crippen LogP contribution < -0.4 is 5.73 Å². The zero-order chi connectivity index (χ0) is 13.3. The summed E-state index contributed by atoms with van der Waals surface area (Å²) >= 11 is 3.42. The molecule has 1 aliphatic rings. The molecular weight excluding hydrogens is 292 g/mol. The Morgan fingerprint density at radius 3 is 2.83 bits per heavy atom. The van der Waals surface area contributed by atoms with E-state index in [0.717, 1.165) is 35.0 Å². The lowest BCUT2D eigenvalue weighted by molar-refractivity contribution is 0.0618. The zero-order valence-electron chi connectivity index (χ0n) is 10.8. The van der Waals surface area contributed by atoms with E-state index >= 15 is 0 Å². The summed E-state index contributed by atoms with van der Waals surface area (Å²) in [4.78, 5) is 14.5. The Hall–Kier alpha value is -0.870. The highest BCUT2D eigenvalue weighted by molar-refractivity contribution is 9.10. The zero-order valence-corrected chi connectivity index (χ0v) is 12.4. The lowest BCUT2D eigenvalue weighted by Gasteiger charge is -2.36. The minimum Gasteiger partial charge on any atom is -0.336 e. The van der Waals surface area contributed by atoms with Crippen LogP contribution in [0.5, 0.6) is 0 Å². The van der Waals surface area contributed by atoms with Gasteiger partial charge in [-0.05, 0) is 50.5 Å². The van der Waals surface area contributed by atoms with Crippen molar-refractivity contribution in [2.45, 2.75) is 38.8 Å². The number of rotatable bonds is 1. The fourth-order valence-corrected chi connectivity index (χ4v) is 3.01. The van der Waals surface area contributed by atoms with Gasteiger partial charge < -0.3 is 10.6 Å². The normalized spacial score (nSPS) is 24.1. The fraction of sp³-hybridized carbons (Fsp3) is 0.500. The molecule has 4 heteroatoms. The summed E-state index contributed by atoms with van der Waals surface area (Å²) in [5.41, 5.74) is 7.73. The maximum absolute atomic E-state index is 12.5. The van der Waals surface area contributed by atoms with Crippen molar-refractivity contribution in [3.8, 4) is 0 Å². The number of hydrogen-bond acceptors (Lipinski definition) is 2. The molecule has 3 nitrogen and oxygen atoms in total. The number of carbonyl (C=O) groups is 1. The van der Waals surface area contributed by atoms with Crippen LogP contribution in [0.4, 0.5) is 0 Å². The molecule has 0 unspecified atom stereocenters. The van der Waals surface area contributed by atoms with E-state index in [2.05, 4.69) is 22.9 Å². The van der Waals surface area contributed by atoms with Crippen LogP contribution in [0.15, 0.2) is 22.7 Å². The van der Waals surface area contributed by atoms with Crippen molar-refractivity contribution < 1.29 is 4.79 Å². The molecule has 0 spiro atoms. The van der Waals surface area contributed by atoms with Crippen molar-refractivity contribution >= 4 is 21.8 Å². The Morgan fingerprint density at radius 1 is 1.50 bits per heavy atom. The Kier molecular flexibility index (Phi) is 4.07. The fourth-order valence-electron chi connectivity index (χ4n) is 2.53. The molecule has 1 amide bonds.